The first-order valence-electron chi connectivity index (χ1n) is 9.74. The van der Waals surface area contributed by atoms with Crippen molar-refractivity contribution in [1.29, 1.82) is 0 Å². The Morgan fingerprint density at radius 3 is 2.50 bits per heavy atom. The molecule has 0 bridgehead atoms. The molecule has 9 heteroatoms. The number of rotatable bonds is 2. The number of phenols is 1. The van der Waals surface area contributed by atoms with Gasteiger partial charge in [0, 0.05) is 26.4 Å². The Morgan fingerprint density at radius 2 is 1.83 bits per heavy atom. The number of hydrogen-bond donors (Lipinski definition) is 3. The highest BCUT2D eigenvalue weighted by molar-refractivity contribution is 6.31. The van der Waals surface area contributed by atoms with Crippen LogP contribution >= 0.6 is 0 Å². The first kappa shape index (κ1) is 20.4. The van der Waals surface area contributed by atoms with Crippen molar-refractivity contribution in [2.75, 3.05) is 14.1 Å². The minimum Gasteiger partial charge on any atom is -0.507 e. The number of carbonyl (C=O) groups is 5. The lowest BCUT2D eigenvalue weighted by Gasteiger charge is -2.48. The summed E-state index contributed by atoms with van der Waals surface area (Å²) in [5.41, 5.74) is 0.352. The second-order valence-electron chi connectivity index (χ2n) is 8.52. The summed E-state index contributed by atoms with van der Waals surface area (Å²) in [7, 11) is 2.99. The van der Waals surface area contributed by atoms with Crippen LogP contribution in [0.2, 0.25) is 0 Å². The Bertz CT molecular complexity index is 1000. The van der Waals surface area contributed by atoms with Gasteiger partial charge in [0.05, 0.1) is 11.5 Å². The molecule has 0 saturated heterocycles. The number of aromatic hydroxyl groups is 1. The van der Waals surface area contributed by atoms with Gasteiger partial charge in [-0.05, 0) is 30.4 Å². The molecule has 4 rings (SSSR count). The zero-order valence-electron chi connectivity index (χ0n) is 16.5. The minimum absolute atomic E-state index is 0.0235. The van der Waals surface area contributed by atoms with Crippen molar-refractivity contribution in [2.45, 2.75) is 24.9 Å². The summed E-state index contributed by atoms with van der Waals surface area (Å²) in [5.74, 6) is -9.23. The maximum atomic E-state index is 13.3. The van der Waals surface area contributed by atoms with Gasteiger partial charge in [0.15, 0.2) is 34.7 Å². The monoisotopic (exact) mass is 414 g/mol. The van der Waals surface area contributed by atoms with Crippen LogP contribution in [0.4, 0.5) is 0 Å². The SMILES string of the molecule is CN(C)NC(=O)C1C(=O)CC2CC3Cc4cccc(O)c4C(=O)C3C(=O)C2(O)C1=O. The van der Waals surface area contributed by atoms with Gasteiger partial charge >= 0.3 is 0 Å². The molecular formula is C21H22N2O7. The number of Topliss-reactive ketones (excluding diaryl/α,β-unsaturated/α-hetero) is 4. The molecule has 5 unspecified atom stereocenters. The van der Waals surface area contributed by atoms with E-state index in [2.05, 4.69) is 5.43 Å². The number of hydrogen-bond acceptors (Lipinski definition) is 8. The Hall–Kier alpha value is -2.91. The van der Waals surface area contributed by atoms with Gasteiger partial charge in [-0.25, -0.2) is 5.01 Å². The smallest absolute Gasteiger partial charge is 0.252 e. The molecule has 0 spiro atoms. The van der Waals surface area contributed by atoms with Crippen LogP contribution in [0.5, 0.6) is 5.75 Å². The Labute approximate surface area is 172 Å². The van der Waals surface area contributed by atoms with Crippen molar-refractivity contribution in [1.82, 2.24) is 10.4 Å². The van der Waals surface area contributed by atoms with Crippen molar-refractivity contribution in [2.24, 2.45) is 23.7 Å². The summed E-state index contributed by atoms with van der Waals surface area (Å²) in [6.07, 6.45) is 0.127. The van der Waals surface area contributed by atoms with Gasteiger partial charge < -0.3 is 10.2 Å². The number of nitrogens with one attached hydrogen (secondary N) is 1. The van der Waals surface area contributed by atoms with Gasteiger partial charge in [0.1, 0.15) is 5.75 Å². The molecular weight excluding hydrogens is 392 g/mol. The minimum atomic E-state index is -2.58. The number of nitrogens with zero attached hydrogens (tertiary/aromatic N) is 1. The molecule has 0 heterocycles. The number of aliphatic hydroxyl groups is 1. The number of ketones is 4. The molecule has 3 aliphatic rings. The fourth-order valence-electron chi connectivity index (χ4n) is 5.17. The topological polar surface area (TPSA) is 141 Å². The number of benzene rings is 1. The normalized spacial score (nSPS) is 33.1. The van der Waals surface area contributed by atoms with Crippen LogP contribution in [-0.2, 0) is 25.6 Å². The molecule has 5 atom stereocenters. The van der Waals surface area contributed by atoms with Gasteiger partial charge in [-0.3, -0.25) is 29.4 Å². The third-order valence-corrected chi connectivity index (χ3v) is 6.45. The van der Waals surface area contributed by atoms with Crippen molar-refractivity contribution >= 4 is 29.0 Å². The van der Waals surface area contributed by atoms with E-state index in [4.69, 9.17) is 0 Å². The van der Waals surface area contributed by atoms with Gasteiger partial charge in [0.25, 0.3) is 5.91 Å². The van der Waals surface area contributed by atoms with Crippen LogP contribution in [0.25, 0.3) is 0 Å². The maximum Gasteiger partial charge on any atom is 0.252 e. The average molecular weight is 414 g/mol. The lowest BCUT2D eigenvalue weighted by atomic mass is 9.54. The number of hydrazine groups is 1. The third kappa shape index (κ3) is 2.73. The number of amides is 1. The van der Waals surface area contributed by atoms with Crippen LogP contribution in [-0.4, -0.2) is 64.0 Å². The van der Waals surface area contributed by atoms with E-state index < -0.39 is 58.3 Å². The Morgan fingerprint density at radius 1 is 1.13 bits per heavy atom. The van der Waals surface area contributed by atoms with E-state index in [0.29, 0.717) is 12.0 Å². The van der Waals surface area contributed by atoms with Crippen LogP contribution in [0.1, 0.15) is 28.8 Å². The first-order valence-corrected chi connectivity index (χ1v) is 9.74. The summed E-state index contributed by atoms with van der Waals surface area (Å²) >= 11 is 0. The van der Waals surface area contributed by atoms with E-state index in [-0.39, 0.29) is 24.2 Å². The van der Waals surface area contributed by atoms with Gasteiger partial charge in [-0.1, -0.05) is 12.1 Å². The van der Waals surface area contributed by atoms with Crippen molar-refractivity contribution in [3.63, 3.8) is 0 Å². The second kappa shape index (κ2) is 6.82. The van der Waals surface area contributed by atoms with Crippen molar-refractivity contribution in [3.05, 3.63) is 29.3 Å². The number of carbonyl (C=O) groups excluding carboxylic acids is 5. The molecule has 30 heavy (non-hydrogen) atoms. The molecule has 2 saturated carbocycles. The Balaban J connectivity index is 1.74. The lowest BCUT2D eigenvalue weighted by molar-refractivity contribution is -0.176. The van der Waals surface area contributed by atoms with Gasteiger partial charge in [0.2, 0.25) is 0 Å². The summed E-state index contributed by atoms with van der Waals surface area (Å²) < 4.78 is 0. The third-order valence-electron chi connectivity index (χ3n) is 6.45. The first-order chi connectivity index (χ1) is 14.1. The zero-order chi connectivity index (χ0) is 22.0. The molecule has 0 radical (unpaired) electrons. The maximum absolute atomic E-state index is 13.3. The molecule has 9 nitrogen and oxygen atoms in total. The molecule has 3 N–H and O–H groups in total. The highest BCUT2D eigenvalue weighted by Crippen LogP contribution is 2.49. The van der Waals surface area contributed by atoms with Crippen molar-refractivity contribution < 1.29 is 34.2 Å². The van der Waals surface area contributed by atoms with Crippen LogP contribution < -0.4 is 5.43 Å². The van der Waals surface area contributed by atoms with E-state index in [1.54, 1.807) is 12.1 Å². The molecule has 3 aliphatic carbocycles. The molecule has 2 fully saturated rings. The number of fused-ring (bicyclic) bond motifs is 3. The molecule has 0 aliphatic heterocycles. The number of phenolic OH excluding ortho intramolecular Hbond substituents is 1. The van der Waals surface area contributed by atoms with E-state index >= 15 is 0 Å². The highest BCUT2D eigenvalue weighted by atomic mass is 16.3. The van der Waals surface area contributed by atoms with Crippen LogP contribution in [0.15, 0.2) is 18.2 Å². The fourth-order valence-corrected chi connectivity index (χ4v) is 5.17. The molecule has 1 aromatic carbocycles. The molecule has 0 aromatic heterocycles. The lowest BCUT2D eigenvalue weighted by Crippen LogP contribution is -2.68. The predicted molar refractivity (Wildman–Crippen MR) is 101 cm³/mol. The van der Waals surface area contributed by atoms with E-state index in [1.807, 2.05) is 0 Å². The summed E-state index contributed by atoms with van der Waals surface area (Å²) in [6.45, 7) is 0. The van der Waals surface area contributed by atoms with E-state index in [9.17, 15) is 34.2 Å². The quantitative estimate of drug-likeness (QED) is 0.432. The summed E-state index contributed by atoms with van der Waals surface area (Å²) in [4.78, 5) is 64.5. The van der Waals surface area contributed by atoms with E-state index in [0.717, 1.165) is 0 Å². The zero-order valence-corrected chi connectivity index (χ0v) is 16.5. The van der Waals surface area contributed by atoms with E-state index in [1.165, 1.54) is 25.2 Å². The second-order valence-corrected chi connectivity index (χ2v) is 8.52. The molecule has 1 aromatic rings. The molecule has 158 valence electrons. The standard InChI is InChI=1S/C21H22N2O7/c1-23(2)22-20(29)16-13(25)8-11-7-10-6-9-4-3-5-12(24)14(9)17(26)15(10)18(27)21(11,30)19(16)28/h3-5,10-11,15-16,24,30H,6-8H2,1-2H3,(H,22,29). The van der Waals surface area contributed by atoms with Crippen LogP contribution in [0, 0.1) is 23.7 Å². The molecule has 1 amide bonds. The van der Waals surface area contributed by atoms with Crippen molar-refractivity contribution in [3.8, 4) is 5.75 Å². The highest BCUT2D eigenvalue weighted by Gasteiger charge is 2.66. The predicted octanol–water partition coefficient (Wildman–Crippen LogP) is -0.566. The van der Waals surface area contributed by atoms with Gasteiger partial charge in [-0.15, -0.1) is 0 Å². The summed E-state index contributed by atoms with van der Waals surface area (Å²) in [6, 6.07) is 4.63. The fraction of sp³-hybridized carbons (Fsp3) is 0.476. The van der Waals surface area contributed by atoms with Gasteiger partial charge in [-0.2, -0.15) is 0 Å². The summed E-state index contributed by atoms with van der Waals surface area (Å²) in [5, 5.41) is 22.6. The largest absolute Gasteiger partial charge is 0.507 e. The Kier molecular flexibility index (Phi) is 4.63. The van der Waals surface area contributed by atoms with Crippen LogP contribution in [0.3, 0.4) is 0 Å². The average Bonchev–Trinajstić information content (AvgIpc) is 2.64.